The summed E-state index contributed by atoms with van der Waals surface area (Å²) < 4.78 is 18.4. The molecular weight excluding hydrogens is 357 g/mol. The van der Waals surface area contributed by atoms with E-state index in [1.54, 1.807) is 19.2 Å². The highest BCUT2D eigenvalue weighted by Crippen LogP contribution is 2.26. The molecule has 3 rings (SSSR count). The lowest BCUT2D eigenvalue weighted by Crippen LogP contribution is -2.44. The van der Waals surface area contributed by atoms with E-state index in [2.05, 4.69) is 19.9 Å². The first-order chi connectivity index (χ1) is 13.6. The lowest BCUT2D eigenvalue weighted by Gasteiger charge is -2.36. The van der Waals surface area contributed by atoms with Crippen LogP contribution >= 0.6 is 0 Å². The third kappa shape index (κ3) is 6.30. The van der Waals surface area contributed by atoms with Crippen LogP contribution in [0.4, 0.5) is 10.2 Å². The van der Waals surface area contributed by atoms with E-state index in [1.807, 2.05) is 6.07 Å². The number of aromatic nitrogens is 1. The number of carbonyl (C=O) groups excluding carboxylic acids is 1. The fourth-order valence-corrected chi connectivity index (χ4v) is 4.26. The first-order valence-corrected chi connectivity index (χ1v) is 10.6. The van der Waals surface area contributed by atoms with Crippen molar-refractivity contribution in [1.29, 1.82) is 0 Å². The van der Waals surface area contributed by atoms with E-state index in [0.717, 1.165) is 30.8 Å². The molecule has 1 saturated carbocycles. The summed E-state index contributed by atoms with van der Waals surface area (Å²) in [5, 5.41) is 3.51. The fourth-order valence-electron chi connectivity index (χ4n) is 4.26. The average molecular weight is 390 g/mol. The summed E-state index contributed by atoms with van der Waals surface area (Å²) in [5.41, 5.74) is 0.540. The smallest absolute Gasteiger partial charge is 0.367 e. The topological polar surface area (TPSA) is 54.5 Å². The molecule has 0 bridgehead atoms. The third-order valence-corrected chi connectivity index (χ3v) is 5.65. The van der Waals surface area contributed by atoms with Gasteiger partial charge in [0.1, 0.15) is 5.82 Å². The van der Waals surface area contributed by atoms with Crippen molar-refractivity contribution in [3.63, 3.8) is 0 Å². The van der Waals surface area contributed by atoms with Crippen LogP contribution in [0.2, 0.25) is 0 Å². The number of rotatable bonds is 7. The van der Waals surface area contributed by atoms with Gasteiger partial charge in [-0.3, -0.25) is 0 Å². The van der Waals surface area contributed by atoms with E-state index >= 15 is 0 Å². The van der Waals surface area contributed by atoms with E-state index in [-0.39, 0.29) is 6.61 Å². The van der Waals surface area contributed by atoms with Crippen LogP contribution in [0.15, 0.2) is 24.2 Å². The fraction of sp³-hybridized carbons (Fsp3) is 0.636. The van der Waals surface area contributed by atoms with Crippen LogP contribution in [0.5, 0.6) is 0 Å². The van der Waals surface area contributed by atoms with Crippen LogP contribution in [0, 0.1) is 5.92 Å². The van der Waals surface area contributed by atoms with Gasteiger partial charge < -0.3 is 15.0 Å². The Morgan fingerprint density at radius 1 is 1.29 bits per heavy atom. The molecule has 1 aliphatic heterocycles. The Balaban J connectivity index is 1.50. The van der Waals surface area contributed by atoms with Crippen molar-refractivity contribution in [1.82, 2.24) is 9.88 Å². The van der Waals surface area contributed by atoms with Crippen LogP contribution < -0.4 is 5.32 Å². The van der Waals surface area contributed by atoms with Crippen LogP contribution in [0.25, 0.3) is 6.08 Å². The molecule has 1 aliphatic carbocycles. The van der Waals surface area contributed by atoms with E-state index in [0.29, 0.717) is 11.6 Å². The summed E-state index contributed by atoms with van der Waals surface area (Å²) in [6, 6.07) is 3.99. The molecule has 0 amide bonds. The van der Waals surface area contributed by atoms with Crippen molar-refractivity contribution in [3.8, 4) is 0 Å². The number of nitrogens with zero attached hydrogens (tertiary/aromatic N) is 2. The number of carbonyl (C=O) groups is 1. The molecule has 1 aromatic heterocycles. The highest BCUT2D eigenvalue weighted by molar-refractivity contribution is 5.91. The second-order valence-electron chi connectivity index (χ2n) is 7.94. The number of hydrogen-bond donors (Lipinski definition) is 1. The van der Waals surface area contributed by atoms with Crippen molar-refractivity contribution < 1.29 is 13.9 Å². The molecule has 1 saturated heterocycles. The minimum Gasteiger partial charge on any atom is -0.461 e. The number of hydrogen-bond acceptors (Lipinski definition) is 5. The molecule has 1 atom stereocenters. The highest BCUT2D eigenvalue weighted by Gasteiger charge is 2.23. The van der Waals surface area contributed by atoms with Crippen LogP contribution in [-0.4, -0.2) is 48.1 Å². The number of esters is 1. The third-order valence-electron chi connectivity index (χ3n) is 5.65. The van der Waals surface area contributed by atoms with Gasteiger partial charge in [0.2, 0.25) is 5.83 Å². The van der Waals surface area contributed by atoms with Crippen LogP contribution in [-0.2, 0) is 9.53 Å². The van der Waals surface area contributed by atoms with Crippen molar-refractivity contribution in [2.75, 3.05) is 31.6 Å². The molecule has 154 valence electrons. The predicted octanol–water partition coefficient (Wildman–Crippen LogP) is 4.41. The van der Waals surface area contributed by atoms with E-state index < -0.39 is 11.8 Å². The van der Waals surface area contributed by atoms with Crippen molar-refractivity contribution in [2.45, 2.75) is 57.9 Å². The number of anilines is 1. The minimum atomic E-state index is -0.940. The summed E-state index contributed by atoms with van der Waals surface area (Å²) in [6.07, 6.45) is 12.0. The first-order valence-electron chi connectivity index (χ1n) is 10.6. The second kappa shape index (κ2) is 10.6. The van der Waals surface area contributed by atoms with E-state index in [1.165, 1.54) is 51.6 Å². The van der Waals surface area contributed by atoms with Gasteiger partial charge in [-0.15, -0.1) is 0 Å². The summed E-state index contributed by atoms with van der Waals surface area (Å²) in [6.45, 7) is 5.27. The number of likely N-dealkylation sites (tertiary alicyclic amines) is 1. The lowest BCUT2D eigenvalue weighted by molar-refractivity contribution is -0.140. The highest BCUT2D eigenvalue weighted by atomic mass is 19.1. The Hall–Kier alpha value is -1.95. The SMILES string of the molecule is CCOC(=O)C(F)=Cc1ccc(N[C@@H]2CCCN(CC3CCCCC3)C2)nc1. The first kappa shape index (κ1) is 20.8. The summed E-state index contributed by atoms with van der Waals surface area (Å²) in [4.78, 5) is 18.3. The van der Waals surface area contributed by atoms with Crippen molar-refractivity contribution in [3.05, 3.63) is 29.7 Å². The second-order valence-corrected chi connectivity index (χ2v) is 7.94. The van der Waals surface area contributed by atoms with Crippen molar-refractivity contribution >= 4 is 17.9 Å². The number of pyridine rings is 1. The maximum absolute atomic E-state index is 13.7. The number of ether oxygens (including phenoxy) is 1. The average Bonchev–Trinajstić information content (AvgIpc) is 2.71. The Kier molecular flexibility index (Phi) is 7.83. The standard InChI is InChI=1S/C22H32FN3O2/c1-2-28-22(27)20(23)13-18-10-11-21(24-14-18)25-19-9-6-12-26(16-19)15-17-7-4-3-5-8-17/h10-11,13-14,17,19H,2-9,12,15-16H2,1H3,(H,24,25)/t19-/m1/s1. The zero-order valence-electron chi connectivity index (χ0n) is 16.8. The zero-order chi connectivity index (χ0) is 19.8. The number of halogens is 1. The van der Waals surface area contributed by atoms with E-state index in [9.17, 15) is 9.18 Å². The molecule has 0 spiro atoms. The maximum Gasteiger partial charge on any atom is 0.367 e. The Morgan fingerprint density at radius 2 is 2.11 bits per heavy atom. The molecule has 1 N–H and O–H groups in total. The van der Waals surface area contributed by atoms with Gasteiger partial charge in [0, 0.05) is 25.3 Å². The van der Waals surface area contributed by atoms with Gasteiger partial charge in [-0.1, -0.05) is 19.3 Å². The zero-order valence-corrected chi connectivity index (χ0v) is 16.8. The largest absolute Gasteiger partial charge is 0.461 e. The molecule has 0 radical (unpaired) electrons. The summed E-state index contributed by atoms with van der Waals surface area (Å²) in [5.74, 6) is -0.191. The lowest BCUT2D eigenvalue weighted by atomic mass is 9.88. The Morgan fingerprint density at radius 3 is 2.82 bits per heavy atom. The minimum absolute atomic E-state index is 0.153. The molecule has 2 aliphatic rings. The van der Waals surface area contributed by atoms with E-state index in [4.69, 9.17) is 0 Å². The predicted molar refractivity (Wildman–Crippen MR) is 110 cm³/mol. The van der Waals surface area contributed by atoms with Gasteiger partial charge in [0.25, 0.3) is 0 Å². The monoisotopic (exact) mass is 389 g/mol. The van der Waals surface area contributed by atoms with Crippen molar-refractivity contribution in [2.24, 2.45) is 5.92 Å². The molecule has 2 fully saturated rings. The molecule has 1 aromatic rings. The van der Waals surface area contributed by atoms with Crippen LogP contribution in [0.3, 0.4) is 0 Å². The molecular formula is C22H32FN3O2. The number of nitrogens with one attached hydrogen (secondary N) is 1. The van der Waals surface area contributed by atoms with Gasteiger partial charge >= 0.3 is 5.97 Å². The van der Waals surface area contributed by atoms with Gasteiger partial charge in [-0.05, 0) is 68.8 Å². The molecule has 2 heterocycles. The Bertz CT molecular complexity index is 656. The maximum atomic E-state index is 13.7. The van der Waals surface area contributed by atoms with Gasteiger partial charge in [0.05, 0.1) is 6.61 Å². The quantitative estimate of drug-likeness (QED) is 0.553. The number of piperidine rings is 1. The molecule has 28 heavy (non-hydrogen) atoms. The molecule has 6 heteroatoms. The molecule has 5 nitrogen and oxygen atoms in total. The van der Waals surface area contributed by atoms with Gasteiger partial charge in [-0.2, -0.15) is 4.39 Å². The van der Waals surface area contributed by atoms with Gasteiger partial charge in [0.15, 0.2) is 0 Å². The normalized spacial score (nSPS) is 22.1. The molecule has 0 unspecified atom stereocenters. The van der Waals surface area contributed by atoms with Crippen LogP contribution in [0.1, 0.15) is 57.4 Å². The van der Waals surface area contributed by atoms with Gasteiger partial charge in [-0.25, -0.2) is 9.78 Å². The summed E-state index contributed by atoms with van der Waals surface area (Å²) >= 11 is 0. The summed E-state index contributed by atoms with van der Waals surface area (Å²) in [7, 11) is 0. The Labute approximate surface area is 167 Å². The molecule has 0 aromatic carbocycles.